The Bertz CT molecular complexity index is 361. The third kappa shape index (κ3) is 13.8. The molecule has 0 aromatic heterocycles. The molecule has 0 aliphatic carbocycles. The molecule has 0 saturated heterocycles. The van der Waals surface area contributed by atoms with E-state index in [2.05, 4.69) is 59.0 Å². The van der Waals surface area contributed by atoms with Gasteiger partial charge in [-0.05, 0) is 32.6 Å². The summed E-state index contributed by atoms with van der Waals surface area (Å²) < 4.78 is 5.56. The lowest BCUT2D eigenvalue weighted by Gasteiger charge is -2.26. The normalized spacial score (nSPS) is 11.8. The Labute approximate surface area is 132 Å². The summed E-state index contributed by atoms with van der Waals surface area (Å²) in [4.78, 5) is 0. The summed E-state index contributed by atoms with van der Waals surface area (Å²) in [6, 6.07) is 10.3. The SMILES string of the molecule is CC(C)(C)COCCC(C)(C)NCO.Cc1ccccc1.[HH]. The second-order valence-corrected chi connectivity index (χ2v) is 7.24. The van der Waals surface area contributed by atoms with Crippen molar-refractivity contribution >= 4 is 0 Å². The Morgan fingerprint density at radius 3 is 2.05 bits per heavy atom. The van der Waals surface area contributed by atoms with Gasteiger partial charge in [-0.3, -0.25) is 5.32 Å². The van der Waals surface area contributed by atoms with Crippen molar-refractivity contribution < 1.29 is 11.3 Å². The van der Waals surface area contributed by atoms with Crippen LogP contribution in [0.3, 0.4) is 0 Å². The number of aliphatic hydroxyl groups is 1. The quantitative estimate of drug-likeness (QED) is 0.616. The van der Waals surface area contributed by atoms with Crippen LogP contribution in [-0.2, 0) is 4.74 Å². The molecule has 0 aliphatic heterocycles. The summed E-state index contributed by atoms with van der Waals surface area (Å²) in [5.74, 6) is 0. The van der Waals surface area contributed by atoms with E-state index >= 15 is 0 Å². The summed E-state index contributed by atoms with van der Waals surface area (Å²) in [5, 5.41) is 11.7. The molecule has 0 spiro atoms. The molecule has 0 heterocycles. The van der Waals surface area contributed by atoms with Crippen LogP contribution in [0.25, 0.3) is 0 Å². The fourth-order valence-electron chi connectivity index (χ4n) is 1.54. The largest absolute Gasteiger partial charge is 0.381 e. The van der Waals surface area contributed by atoms with Gasteiger partial charge in [0.05, 0.1) is 13.3 Å². The highest BCUT2D eigenvalue weighted by Crippen LogP contribution is 2.14. The zero-order chi connectivity index (χ0) is 16.4. The summed E-state index contributed by atoms with van der Waals surface area (Å²) in [6.45, 7) is 14.2. The van der Waals surface area contributed by atoms with E-state index in [1.54, 1.807) is 0 Å². The lowest BCUT2D eigenvalue weighted by molar-refractivity contribution is 0.0554. The molecule has 0 fully saturated rings. The fourth-order valence-corrected chi connectivity index (χ4v) is 1.54. The monoisotopic (exact) mass is 297 g/mol. The maximum Gasteiger partial charge on any atom is 0.0935 e. The minimum Gasteiger partial charge on any atom is -0.381 e. The molecule has 21 heavy (non-hydrogen) atoms. The van der Waals surface area contributed by atoms with Gasteiger partial charge in [-0.2, -0.15) is 0 Å². The topological polar surface area (TPSA) is 41.5 Å². The Balaban J connectivity index is 0. The average molecular weight is 297 g/mol. The number of benzene rings is 1. The molecular weight excluding hydrogens is 262 g/mol. The Hall–Kier alpha value is -0.900. The second-order valence-electron chi connectivity index (χ2n) is 7.24. The van der Waals surface area contributed by atoms with Crippen LogP contribution in [0.15, 0.2) is 30.3 Å². The average Bonchev–Trinajstić information content (AvgIpc) is 2.35. The smallest absolute Gasteiger partial charge is 0.0935 e. The molecule has 2 N–H and O–H groups in total. The molecule has 3 nitrogen and oxygen atoms in total. The fraction of sp³-hybridized carbons (Fsp3) is 0.667. The first-order valence-corrected chi connectivity index (χ1v) is 7.61. The van der Waals surface area contributed by atoms with E-state index < -0.39 is 0 Å². The van der Waals surface area contributed by atoms with Gasteiger partial charge in [0.15, 0.2) is 0 Å². The van der Waals surface area contributed by atoms with Gasteiger partial charge in [-0.15, -0.1) is 0 Å². The van der Waals surface area contributed by atoms with Crippen molar-refractivity contribution in [2.45, 2.75) is 53.5 Å². The van der Waals surface area contributed by atoms with Gasteiger partial charge in [0.2, 0.25) is 0 Å². The first-order chi connectivity index (χ1) is 9.66. The lowest BCUT2D eigenvalue weighted by Crippen LogP contribution is -2.40. The molecule has 1 rings (SSSR count). The second kappa shape index (κ2) is 9.93. The molecule has 1 aromatic carbocycles. The number of hydrogen-bond acceptors (Lipinski definition) is 3. The number of aryl methyl sites for hydroxylation is 1. The molecule has 0 aliphatic rings. The Morgan fingerprint density at radius 2 is 1.67 bits per heavy atom. The van der Waals surface area contributed by atoms with Crippen molar-refractivity contribution in [3.05, 3.63) is 35.9 Å². The van der Waals surface area contributed by atoms with Gasteiger partial charge in [0.1, 0.15) is 0 Å². The predicted octanol–water partition coefficient (Wildman–Crippen LogP) is 4.00. The number of ether oxygens (including phenoxy) is 1. The maximum atomic E-state index is 8.74. The zero-order valence-corrected chi connectivity index (χ0v) is 14.6. The Kier molecular flexibility index (Phi) is 9.51. The van der Waals surface area contributed by atoms with Crippen molar-refractivity contribution in [2.75, 3.05) is 19.9 Å². The molecule has 0 bridgehead atoms. The van der Waals surface area contributed by atoms with E-state index in [9.17, 15) is 0 Å². The van der Waals surface area contributed by atoms with Crippen LogP contribution in [0.4, 0.5) is 0 Å². The molecule has 0 atom stereocenters. The highest BCUT2D eigenvalue weighted by molar-refractivity contribution is 5.11. The van der Waals surface area contributed by atoms with E-state index in [4.69, 9.17) is 9.84 Å². The van der Waals surface area contributed by atoms with Crippen LogP contribution < -0.4 is 5.32 Å². The van der Waals surface area contributed by atoms with E-state index in [-0.39, 0.29) is 19.1 Å². The highest BCUT2D eigenvalue weighted by Gasteiger charge is 2.16. The van der Waals surface area contributed by atoms with E-state index in [1.165, 1.54) is 5.56 Å². The minimum absolute atomic E-state index is 0. The van der Waals surface area contributed by atoms with Gasteiger partial charge < -0.3 is 9.84 Å². The van der Waals surface area contributed by atoms with Gasteiger partial charge in [-0.1, -0.05) is 56.7 Å². The van der Waals surface area contributed by atoms with Gasteiger partial charge in [0.25, 0.3) is 0 Å². The molecule has 0 saturated carbocycles. The predicted molar refractivity (Wildman–Crippen MR) is 92.5 cm³/mol. The molecule has 3 heteroatoms. The van der Waals surface area contributed by atoms with Crippen LogP contribution in [0.2, 0.25) is 0 Å². The van der Waals surface area contributed by atoms with Crippen LogP contribution >= 0.6 is 0 Å². The van der Waals surface area contributed by atoms with Crippen LogP contribution in [0, 0.1) is 12.3 Å². The molecule has 0 amide bonds. The summed E-state index contributed by atoms with van der Waals surface area (Å²) in [6.07, 6.45) is 0.906. The first kappa shape index (κ1) is 20.1. The maximum absolute atomic E-state index is 8.74. The van der Waals surface area contributed by atoms with Crippen molar-refractivity contribution in [3.63, 3.8) is 0 Å². The number of aliphatic hydroxyl groups excluding tert-OH is 1. The lowest BCUT2D eigenvalue weighted by atomic mass is 9.98. The van der Waals surface area contributed by atoms with Gasteiger partial charge >= 0.3 is 0 Å². The number of rotatable bonds is 6. The third-order valence-electron chi connectivity index (χ3n) is 2.90. The molecule has 0 radical (unpaired) electrons. The molecule has 0 unspecified atom stereocenters. The van der Waals surface area contributed by atoms with Crippen molar-refractivity contribution in [2.24, 2.45) is 5.41 Å². The van der Waals surface area contributed by atoms with Crippen molar-refractivity contribution in [3.8, 4) is 0 Å². The van der Waals surface area contributed by atoms with Gasteiger partial charge in [0, 0.05) is 13.6 Å². The number of nitrogens with one attached hydrogen (secondary N) is 1. The zero-order valence-electron chi connectivity index (χ0n) is 14.6. The minimum atomic E-state index is -0.0490. The van der Waals surface area contributed by atoms with Crippen molar-refractivity contribution in [1.29, 1.82) is 0 Å². The summed E-state index contributed by atoms with van der Waals surface area (Å²) >= 11 is 0. The standard InChI is InChI=1S/C11H25NO2.C7H8.H2/c1-10(2,3)8-14-7-6-11(4,5)12-9-13;1-7-5-3-2-4-6-7;/h12-13H,6-9H2,1-5H3;2-6H,1H3;1H. The van der Waals surface area contributed by atoms with E-state index in [0.29, 0.717) is 0 Å². The first-order valence-electron chi connectivity index (χ1n) is 7.61. The summed E-state index contributed by atoms with van der Waals surface area (Å²) in [5.41, 5.74) is 1.50. The van der Waals surface area contributed by atoms with Crippen LogP contribution in [-0.4, -0.2) is 30.6 Å². The third-order valence-corrected chi connectivity index (χ3v) is 2.90. The molecule has 1 aromatic rings. The van der Waals surface area contributed by atoms with E-state index in [0.717, 1.165) is 19.6 Å². The van der Waals surface area contributed by atoms with E-state index in [1.807, 2.05) is 18.2 Å². The Morgan fingerprint density at radius 1 is 1.10 bits per heavy atom. The van der Waals surface area contributed by atoms with Gasteiger partial charge in [-0.25, -0.2) is 0 Å². The van der Waals surface area contributed by atoms with Crippen LogP contribution in [0.1, 0.15) is 48.0 Å². The molecular formula is C18H35NO2. The highest BCUT2D eigenvalue weighted by atomic mass is 16.5. The molecule has 124 valence electrons. The van der Waals surface area contributed by atoms with Crippen LogP contribution in [0.5, 0.6) is 0 Å². The summed E-state index contributed by atoms with van der Waals surface area (Å²) in [7, 11) is 0. The number of hydrogen-bond donors (Lipinski definition) is 2. The van der Waals surface area contributed by atoms with Crippen molar-refractivity contribution in [1.82, 2.24) is 5.32 Å².